The van der Waals surface area contributed by atoms with E-state index < -0.39 is 29.5 Å². The fourth-order valence-electron chi connectivity index (χ4n) is 4.70. The van der Waals surface area contributed by atoms with Crippen LogP contribution in [-0.4, -0.2) is 62.6 Å². The van der Waals surface area contributed by atoms with Crippen LogP contribution in [0.25, 0.3) is 6.08 Å². The molecule has 2 aromatic carbocycles. The molecule has 250 valence electrons. The molecule has 1 aliphatic rings. The molecule has 1 atom stereocenters. The number of esters is 3. The molecule has 0 amide bonds. The molecule has 15 heteroatoms. The summed E-state index contributed by atoms with van der Waals surface area (Å²) in [6, 6.07) is 7.78. The van der Waals surface area contributed by atoms with Crippen LogP contribution in [-0.2, 0) is 28.6 Å². The molecule has 0 N–H and O–H groups in total. The Hall–Kier alpha value is -3.45. The van der Waals surface area contributed by atoms with Gasteiger partial charge in [0.25, 0.3) is 5.56 Å². The number of thiazole rings is 1. The van der Waals surface area contributed by atoms with E-state index in [0.717, 1.165) is 18.5 Å². The van der Waals surface area contributed by atoms with Crippen molar-refractivity contribution >= 4 is 80.5 Å². The summed E-state index contributed by atoms with van der Waals surface area (Å²) in [5.74, 6) is -0.667. The summed E-state index contributed by atoms with van der Waals surface area (Å²) in [5, 5.41) is 0. The predicted octanol–water partition coefficient (Wildman–Crippen LogP) is 3.90. The van der Waals surface area contributed by atoms with Crippen molar-refractivity contribution in [3.63, 3.8) is 0 Å². The number of fused-ring (bicyclic) bond motifs is 1. The lowest BCUT2D eigenvalue weighted by atomic mass is 9.95. The van der Waals surface area contributed by atoms with Crippen LogP contribution in [0.2, 0.25) is 0 Å². The molecule has 0 saturated heterocycles. The van der Waals surface area contributed by atoms with Gasteiger partial charge in [0.1, 0.15) is 5.75 Å². The van der Waals surface area contributed by atoms with Crippen LogP contribution >= 0.6 is 56.5 Å². The van der Waals surface area contributed by atoms with Gasteiger partial charge in [0.15, 0.2) is 29.5 Å². The monoisotopic (exact) mass is 890 g/mol. The zero-order valence-corrected chi connectivity index (χ0v) is 31.3. The van der Waals surface area contributed by atoms with E-state index >= 15 is 0 Å². The number of ether oxygens (including phenoxy) is 6. The third-order valence-electron chi connectivity index (χ3n) is 6.64. The summed E-state index contributed by atoms with van der Waals surface area (Å²) in [6.07, 6.45) is 1.68. The first kappa shape index (κ1) is 36.4. The summed E-state index contributed by atoms with van der Waals surface area (Å²) >= 11 is 5.44. The molecule has 2 heterocycles. The largest absolute Gasteiger partial charge is 0.490 e. The molecule has 1 aromatic heterocycles. The minimum atomic E-state index is -0.920. The number of carbonyl (C=O) groups excluding carboxylic acids is 3. The maximum absolute atomic E-state index is 14.2. The minimum absolute atomic E-state index is 0.122. The highest BCUT2D eigenvalue weighted by molar-refractivity contribution is 14.1. The average molecular weight is 890 g/mol. The molecule has 1 aliphatic heterocycles. The van der Waals surface area contributed by atoms with E-state index in [1.165, 1.54) is 11.7 Å². The summed E-state index contributed by atoms with van der Waals surface area (Å²) in [7, 11) is 1.26. The van der Waals surface area contributed by atoms with E-state index in [4.69, 9.17) is 23.7 Å². The van der Waals surface area contributed by atoms with Crippen LogP contribution in [0.1, 0.15) is 44.9 Å². The van der Waals surface area contributed by atoms with Gasteiger partial charge >= 0.3 is 17.9 Å². The molecular weight excluding hydrogens is 858 g/mol. The first-order valence-electron chi connectivity index (χ1n) is 14.5. The highest BCUT2D eigenvalue weighted by atomic mass is 127. The molecule has 0 unspecified atom stereocenters. The molecule has 0 radical (unpaired) electrons. The standard InChI is InChI=1S/C32H32I2N2O10S/c1-6-42-23-12-18(9-10-22(23)45-15-25(37)41-5)28-27(31(40)44-8-3)17(4)35-32-36(28)30(39)24(47-32)13-19-11-20(33)14-21(34)29(19)46-16-26(38)43-7-2/h9-14,28H,6-8,15-16H2,1-5H3/b24-13+/t28-/m1/s1. The smallest absolute Gasteiger partial charge is 0.344 e. The van der Waals surface area contributed by atoms with Crippen molar-refractivity contribution in [1.29, 1.82) is 0 Å². The van der Waals surface area contributed by atoms with E-state index in [2.05, 4.69) is 54.9 Å². The number of methoxy groups -OCH3 is 1. The van der Waals surface area contributed by atoms with E-state index in [0.29, 0.717) is 37.7 Å². The average Bonchev–Trinajstić information content (AvgIpc) is 3.33. The Morgan fingerprint density at radius 1 is 0.936 bits per heavy atom. The molecule has 47 heavy (non-hydrogen) atoms. The van der Waals surface area contributed by atoms with Crippen LogP contribution in [0, 0.1) is 7.14 Å². The lowest BCUT2D eigenvalue weighted by molar-refractivity contribution is -0.145. The maximum atomic E-state index is 14.2. The number of aromatic nitrogens is 1. The number of halogens is 2. The molecule has 0 saturated carbocycles. The SMILES string of the molecule is CCOC(=O)COc1c(I)cc(I)cc1/C=c1/sc2n(c1=O)[C@H](c1ccc(OCC(=O)OC)c(OCC)c1)C(C(=O)OCC)=C(C)N=2. The van der Waals surface area contributed by atoms with E-state index in [-0.39, 0.29) is 44.4 Å². The first-order valence-corrected chi connectivity index (χ1v) is 17.4. The van der Waals surface area contributed by atoms with Crippen molar-refractivity contribution in [2.75, 3.05) is 40.1 Å². The zero-order chi connectivity index (χ0) is 34.2. The van der Waals surface area contributed by atoms with Crippen molar-refractivity contribution in [1.82, 2.24) is 4.57 Å². The Morgan fingerprint density at radius 3 is 2.34 bits per heavy atom. The number of carbonyl (C=O) groups is 3. The van der Waals surface area contributed by atoms with Crippen LogP contribution in [0.3, 0.4) is 0 Å². The Labute approximate surface area is 301 Å². The third kappa shape index (κ3) is 8.53. The molecule has 4 rings (SSSR count). The van der Waals surface area contributed by atoms with Gasteiger partial charge in [0.2, 0.25) is 0 Å². The van der Waals surface area contributed by atoms with Crippen LogP contribution in [0.5, 0.6) is 17.2 Å². The van der Waals surface area contributed by atoms with Gasteiger partial charge in [-0.15, -0.1) is 0 Å². The lowest BCUT2D eigenvalue weighted by Gasteiger charge is -2.25. The van der Waals surface area contributed by atoms with Gasteiger partial charge in [0, 0.05) is 9.13 Å². The van der Waals surface area contributed by atoms with Gasteiger partial charge < -0.3 is 28.4 Å². The Bertz CT molecular complexity index is 1900. The molecule has 0 aliphatic carbocycles. The van der Waals surface area contributed by atoms with E-state index in [1.807, 2.05) is 12.1 Å². The second-order valence-corrected chi connectivity index (χ2v) is 13.1. The van der Waals surface area contributed by atoms with Crippen LogP contribution in [0.4, 0.5) is 0 Å². The van der Waals surface area contributed by atoms with Gasteiger partial charge in [-0.2, -0.15) is 0 Å². The number of allylic oxidation sites excluding steroid dienone is 1. The van der Waals surface area contributed by atoms with Gasteiger partial charge in [-0.05, 0) is 109 Å². The van der Waals surface area contributed by atoms with Gasteiger partial charge in [0.05, 0.1) is 52.3 Å². The lowest BCUT2D eigenvalue weighted by Crippen LogP contribution is -2.40. The fourth-order valence-corrected chi connectivity index (χ4v) is 7.78. The Morgan fingerprint density at radius 2 is 1.66 bits per heavy atom. The van der Waals surface area contributed by atoms with Crippen molar-refractivity contribution < 1.29 is 42.8 Å². The van der Waals surface area contributed by atoms with E-state index in [1.54, 1.807) is 52.0 Å². The van der Waals surface area contributed by atoms with Gasteiger partial charge in [-0.25, -0.2) is 19.4 Å². The van der Waals surface area contributed by atoms with Gasteiger partial charge in [-0.1, -0.05) is 17.4 Å². The van der Waals surface area contributed by atoms with Crippen LogP contribution < -0.4 is 29.1 Å². The van der Waals surface area contributed by atoms with E-state index in [9.17, 15) is 19.2 Å². The summed E-state index contributed by atoms with van der Waals surface area (Å²) in [4.78, 5) is 56.4. The number of rotatable bonds is 13. The summed E-state index contributed by atoms with van der Waals surface area (Å²) in [6.45, 7) is 6.91. The predicted molar refractivity (Wildman–Crippen MR) is 190 cm³/mol. The van der Waals surface area contributed by atoms with Crippen molar-refractivity contribution in [3.8, 4) is 17.2 Å². The minimum Gasteiger partial charge on any atom is -0.490 e. The Kier molecular flexibility index (Phi) is 12.8. The topological polar surface area (TPSA) is 141 Å². The Balaban J connectivity index is 1.90. The maximum Gasteiger partial charge on any atom is 0.344 e. The number of hydrogen-bond acceptors (Lipinski definition) is 12. The molecular formula is C32H32I2N2O10S. The zero-order valence-electron chi connectivity index (χ0n) is 26.2. The third-order valence-corrected chi connectivity index (χ3v) is 9.04. The highest BCUT2D eigenvalue weighted by Gasteiger charge is 2.34. The summed E-state index contributed by atoms with van der Waals surface area (Å²) < 4.78 is 35.8. The molecule has 3 aromatic rings. The molecule has 12 nitrogen and oxygen atoms in total. The van der Waals surface area contributed by atoms with Crippen LogP contribution in [0.15, 0.2) is 51.4 Å². The van der Waals surface area contributed by atoms with Crippen molar-refractivity contribution in [2.45, 2.75) is 33.7 Å². The second kappa shape index (κ2) is 16.6. The normalized spacial score (nSPS) is 14.2. The number of hydrogen-bond donors (Lipinski definition) is 0. The van der Waals surface area contributed by atoms with Gasteiger partial charge in [-0.3, -0.25) is 9.36 Å². The second-order valence-electron chi connectivity index (χ2n) is 9.71. The summed E-state index contributed by atoms with van der Waals surface area (Å²) in [5.41, 5.74) is 1.30. The molecule has 0 spiro atoms. The van der Waals surface area contributed by atoms with Crippen molar-refractivity contribution in [2.24, 2.45) is 4.99 Å². The first-order chi connectivity index (χ1) is 22.5. The molecule has 0 bridgehead atoms. The molecule has 0 fully saturated rings. The van der Waals surface area contributed by atoms with Crippen molar-refractivity contribution in [3.05, 3.63) is 79.6 Å². The fraction of sp³-hybridized carbons (Fsp3) is 0.344. The number of benzene rings is 2. The quantitative estimate of drug-likeness (QED) is 0.141. The highest BCUT2D eigenvalue weighted by Crippen LogP contribution is 2.36. The number of nitrogens with zero attached hydrogens (tertiary/aromatic N) is 2.